The number of nitrogens with one attached hydrogen (secondary N) is 1. The van der Waals surface area contributed by atoms with Crippen molar-refractivity contribution in [1.29, 1.82) is 0 Å². The Balaban J connectivity index is 2.13. The fourth-order valence-electron chi connectivity index (χ4n) is 1.39. The molecule has 0 aliphatic rings. The Bertz CT molecular complexity index is 612. The van der Waals surface area contributed by atoms with E-state index < -0.39 is 0 Å². The number of phenolic OH excluding ortho intramolecular Hbond substituents is 1. The molecule has 0 saturated heterocycles. The molecule has 0 bridgehead atoms. The Morgan fingerprint density at radius 2 is 1.68 bits per heavy atom. The molecule has 2 aromatic rings. The van der Waals surface area contributed by atoms with Crippen LogP contribution >= 0.6 is 34.8 Å². The molecule has 6 heteroatoms. The summed E-state index contributed by atoms with van der Waals surface area (Å²) in [4.78, 5) is 0. The molecule has 3 nitrogen and oxygen atoms in total. The van der Waals surface area contributed by atoms with Gasteiger partial charge in [0.05, 0.1) is 16.9 Å². The molecule has 19 heavy (non-hydrogen) atoms. The zero-order valence-corrected chi connectivity index (χ0v) is 11.8. The van der Waals surface area contributed by atoms with E-state index >= 15 is 0 Å². The Labute approximate surface area is 125 Å². The standard InChI is InChI=1S/C13H9Cl3N2O/c14-9-1-3-11(4-2-9)18-17-7-8-5-10(15)6-12(16)13(8)19/h1-7,18-19H/b17-7+. The first-order chi connectivity index (χ1) is 9.06. The van der Waals surface area contributed by atoms with Gasteiger partial charge in [0.2, 0.25) is 0 Å². The summed E-state index contributed by atoms with van der Waals surface area (Å²) in [6.07, 6.45) is 1.43. The van der Waals surface area contributed by atoms with E-state index in [1.165, 1.54) is 12.3 Å². The molecular weight excluding hydrogens is 307 g/mol. The van der Waals surface area contributed by atoms with E-state index in [0.717, 1.165) is 5.69 Å². The summed E-state index contributed by atoms with van der Waals surface area (Å²) in [5, 5.41) is 15.0. The van der Waals surface area contributed by atoms with E-state index in [-0.39, 0.29) is 10.8 Å². The molecule has 0 saturated carbocycles. The van der Waals surface area contributed by atoms with Crippen molar-refractivity contribution >= 4 is 46.7 Å². The number of aromatic hydroxyl groups is 1. The van der Waals surface area contributed by atoms with Crippen LogP contribution in [0.1, 0.15) is 5.56 Å². The van der Waals surface area contributed by atoms with Crippen LogP contribution in [0.15, 0.2) is 41.5 Å². The highest BCUT2D eigenvalue weighted by molar-refractivity contribution is 6.36. The molecule has 0 spiro atoms. The molecule has 0 fully saturated rings. The van der Waals surface area contributed by atoms with E-state index in [1.807, 2.05) is 0 Å². The van der Waals surface area contributed by atoms with Gasteiger partial charge in [-0.15, -0.1) is 0 Å². The maximum absolute atomic E-state index is 9.73. The summed E-state index contributed by atoms with van der Waals surface area (Å²) in [5.74, 6) is -0.0623. The van der Waals surface area contributed by atoms with Crippen molar-refractivity contribution < 1.29 is 5.11 Å². The molecule has 0 aliphatic heterocycles. The van der Waals surface area contributed by atoms with Crippen molar-refractivity contribution in [2.24, 2.45) is 5.10 Å². The maximum atomic E-state index is 9.73. The summed E-state index contributed by atoms with van der Waals surface area (Å²) in [6, 6.07) is 10.1. The molecule has 0 heterocycles. The summed E-state index contributed by atoms with van der Waals surface area (Å²) in [7, 11) is 0. The molecule has 0 atom stereocenters. The predicted molar refractivity (Wildman–Crippen MR) is 80.8 cm³/mol. The van der Waals surface area contributed by atoms with Crippen molar-refractivity contribution in [2.75, 3.05) is 5.43 Å². The van der Waals surface area contributed by atoms with E-state index in [0.29, 0.717) is 15.6 Å². The molecule has 0 amide bonds. The van der Waals surface area contributed by atoms with E-state index in [9.17, 15) is 5.11 Å². The number of anilines is 1. The minimum atomic E-state index is -0.0623. The van der Waals surface area contributed by atoms with Gasteiger partial charge < -0.3 is 5.11 Å². The predicted octanol–water partition coefficient (Wildman–Crippen LogP) is 4.80. The van der Waals surface area contributed by atoms with Gasteiger partial charge in [0.25, 0.3) is 0 Å². The zero-order chi connectivity index (χ0) is 13.8. The second-order valence-corrected chi connectivity index (χ2v) is 4.98. The minimum absolute atomic E-state index is 0.0623. The molecular formula is C13H9Cl3N2O. The average Bonchev–Trinajstić information content (AvgIpc) is 2.37. The van der Waals surface area contributed by atoms with Crippen LogP contribution in [0.4, 0.5) is 5.69 Å². The van der Waals surface area contributed by atoms with Crippen LogP contribution in [-0.2, 0) is 0 Å². The van der Waals surface area contributed by atoms with E-state index in [2.05, 4.69) is 10.5 Å². The van der Waals surface area contributed by atoms with Crippen LogP contribution in [-0.4, -0.2) is 11.3 Å². The smallest absolute Gasteiger partial charge is 0.143 e. The van der Waals surface area contributed by atoms with Gasteiger partial charge in [-0.25, -0.2) is 0 Å². The highest BCUT2D eigenvalue weighted by atomic mass is 35.5. The van der Waals surface area contributed by atoms with Crippen molar-refractivity contribution in [3.05, 3.63) is 57.0 Å². The lowest BCUT2D eigenvalue weighted by Gasteiger charge is -2.03. The lowest BCUT2D eigenvalue weighted by molar-refractivity contribution is 0.475. The SMILES string of the molecule is Oc1c(Cl)cc(Cl)cc1/C=N/Nc1ccc(Cl)cc1. The first-order valence-corrected chi connectivity index (χ1v) is 6.42. The first-order valence-electron chi connectivity index (χ1n) is 5.29. The van der Waals surface area contributed by atoms with Gasteiger partial charge in [-0.05, 0) is 36.4 Å². The monoisotopic (exact) mass is 314 g/mol. The number of hydrogen-bond donors (Lipinski definition) is 2. The number of hydrazone groups is 1. The van der Waals surface area contributed by atoms with Crippen LogP contribution in [0.25, 0.3) is 0 Å². The van der Waals surface area contributed by atoms with Crippen molar-refractivity contribution in [1.82, 2.24) is 0 Å². The molecule has 2 aromatic carbocycles. The molecule has 2 N–H and O–H groups in total. The summed E-state index contributed by atoms with van der Waals surface area (Å²) in [5.41, 5.74) is 4.00. The Morgan fingerprint density at radius 1 is 1.00 bits per heavy atom. The van der Waals surface area contributed by atoms with E-state index in [4.69, 9.17) is 34.8 Å². The van der Waals surface area contributed by atoms with Gasteiger partial charge in [-0.2, -0.15) is 5.10 Å². The Kier molecular flexibility index (Phi) is 4.53. The molecule has 0 aromatic heterocycles. The van der Waals surface area contributed by atoms with Gasteiger partial charge in [-0.3, -0.25) is 5.43 Å². The van der Waals surface area contributed by atoms with Gasteiger partial charge in [0.1, 0.15) is 5.75 Å². The number of benzene rings is 2. The highest BCUT2D eigenvalue weighted by Crippen LogP contribution is 2.30. The number of rotatable bonds is 3. The summed E-state index contributed by atoms with van der Waals surface area (Å²) in [6.45, 7) is 0. The summed E-state index contributed by atoms with van der Waals surface area (Å²) >= 11 is 17.4. The Morgan fingerprint density at radius 3 is 2.37 bits per heavy atom. The molecule has 98 valence electrons. The molecule has 0 radical (unpaired) electrons. The minimum Gasteiger partial charge on any atom is -0.506 e. The lowest BCUT2D eigenvalue weighted by Crippen LogP contribution is -1.91. The highest BCUT2D eigenvalue weighted by Gasteiger charge is 2.05. The topological polar surface area (TPSA) is 44.6 Å². The lowest BCUT2D eigenvalue weighted by atomic mass is 10.2. The molecule has 0 unspecified atom stereocenters. The van der Waals surface area contributed by atoms with Crippen molar-refractivity contribution in [3.63, 3.8) is 0 Å². The van der Waals surface area contributed by atoms with Gasteiger partial charge in [0.15, 0.2) is 0 Å². The average molecular weight is 316 g/mol. The third-order valence-corrected chi connectivity index (χ3v) is 3.06. The molecule has 2 rings (SSSR count). The number of hydrogen-bond acceptors (Lipinski definition) is 3. The number of nitrogens with zero attached hydrogens (tertiary/aromatic N) is 1. The van der Waals surface area contributed by atoms with Gasteiger partial charge >= 0.3 is 0 Å². The largest absolute Gasteiger partial charge is 0.506 e. The van der Waals surface area contributed by atoms with Crippen LogP contribution in [0, 0.1) is 0 Å². The fourth-order valence-corrected chi connectivity index (χ4v) is 2.02. The van der Waals surface area contributed by atoms with Crippen LogP contribution in [0.5, 0.6) is 5.75 Å². The zero-order valence-electron chi connectivity index (χ0n) is 9.57. The quantitative estimate of drug-likeness (QED) is 0.631. The van der Waals surface area contributed by atoms with Crippen molar-refractivity contribution in [2.45, 2.75) is 0 Å². The van der Waals surface area contributed by atoms with Gasteiger partial charge in [0, 0.05) is 15.6 Å². The Hall–Kier alpha value is -1.42. The second kappa shape index (κ2) is 6.15. The second-order valence-electron chi connectivity index (χ2n) is 3.70. The van der Waals surface area contributed by atoms with Crippen LogP contribution in [0.3, 0.4) is 0 Å². The third-order valence-electron chi connectivity index (χ3n) is 2.30. The number of halogens is 3. The first kappa shape index (κ1) is 14.0. The fraction of sp³-hybridized carbons (Fsp3) is 0. The van der Waals surface area contributed by atoms with Crippen molar-refractivity contribution in [3.8, 4) is 5.75 Å². The van der Waals surface area contributed by atoms with Crippen LogP contribution in [0.2, 0.25) is 15.1 Å². The van der Waals surface area contributed by atoms with E-state index in [1.54, 1.807) is 30.3 Å². The van der Waals surface area contributed by atoms with Crippen LogP contribution < -0.4 is 5.43 Å². The van der Waals surface area contributed by atoms with Gasteiger partial charge in [-0.1, -0.05) is 34.8 Å². The number of phenols is 1. The normalized spacial score (nSPS) is 10.9. The summed E-state index contributed by atoms with van der Waals surface area (Å²) < 4.78 is 0. The maximum Gasteiger partial charge on any atom is 0.143 e. The molecule has 0 aliphatic carbocycles. The third kappa shape index (κ3) is 3.77.